The number of rotatable bonds is 13. The van der Waals surface area contributed by atoms with Crippen molar-refractivity contribution in [2.24, 2.45) is 0 Å². The van der Waals surface area contributed by atoms with Crippen LogP contribution in [-0.4, -0.2) is 58.6 Å². The first-order valence-electron chi connectivity index (χ1n) is 11.2. The molecule has 10 nitrogen and oxygen atoms in total. The van der Waals surface area contributed by atoms with Crippen LogP contribution in [0.15, 0.2) is 60.7 Å². The standard InChI is InChI=1S/C24H24N6O4S2/c31-21(17-7-3-1-4-8-17)25-23-29-27-19(35-23)11-13-33-15-16-34-14-12-20-28-30-24(36-20)26-22(32)18-9-5-2-6-10-18/h1-10H,11-16H2,(H,25,29,31)(H,26,30,32). The van der Waals surface area contributed by atoms with Crippen molar-refractivity contribution in [1.29, 1.82) is 0 Å². The molecule has 2 aromatic carbocycles. The number of carbonyl (C=O) groups is 2. The monoisotopic (exact) mass is 524 g/mol. The van der Waals surface area contributed by atoms with Crippen LogP contribution in [0, 0.1) is 0 Å². The SMILES string of the molecule is O=C(Nc1nnc(CCOCCOCCc2nnc(NC(=O)c3ccccc3)s2)s1)c1ccccc1. The van der Waals surface area contributed by atoms with Crippen molar-refractivity contribution in [2.45, 2.75) is 12.8 Å². The fraction of sp³-hybridized carbons (Fsp3) is 0.250. The molecule has 0 atom stereocenters. The summed E-state index contributed by atoms with van der Waals surface area (Å²) in [6.45, 7) is 1.85. The predicted octanol–water partition coefficient (Wildman–Crippen LogP) is 3.71. The van der Waals surface area contributed by atoms with E-state index in [2.05, 4.69) is 31.0 Å². The average molecular weight is 525 g/mol. The van der Waals surface area contributed by atoms with Crippen LogP contribution in [0.4, 0.5) is 10.3 Å². The summed E-state index contributed by atoms with van der Waals surface area (Å²) < 4.78 is 11.2. The van der Waals surface area contributed by atoms with Gasteiger partial charge in [0.25, 0.3) is 11.8 Å². The van der Waals surface area contributed by atoms with Gasteiger partial charge in [-0.05, 0) is 24.3 Å². The zero-order chi connectivity index (χ0) is 25.0. The molecule has 0 saturated heterocycles. The summed E-state index contributed by atoms with van der Waals surface area (Å²) >= 11 is 2.65. The first kappa shape index (κ1) is 25.5. The van der Waals surface area contributed by atoms with Gasteiger partial charge < -0.3 is 9.47 Å². The lowest BCUT2D eigenvalue weighted by atomic mass is 10.2. The minimum Gasteiger partial charge on any atom is -0.379 e. The number of anilines is 2. The lowest BCUT2D eigenvalue weighted by Crippen LogP contribution is -2.11. The van der Waals surface area contributed by atoms with Gasteiger partial charge in [0, 0.05) is 24.0 Å². The van der Waals surface area contributed by atoms with Crippen LogP contribution in [0.5, 0.6) is 0 Å². The Labute approximate surface area is 215 Å². The van der Waals surface area contributed by atoms with E-state index in [-0.39, 0.29) is 11.8 Å². The summed E-state index contributed by atoms with van der Waals surface area (Å²) in [4.78, 5) is 24.3. The molecule has 0 spiro atoms. The topological polar surface area (TPSA) is 128 Å². The van der Waals surface area contributed by atoms with Gasteiger partial charge in [-0.2, -0.15) is 0 Å². The Morgan fingerprint density at radius 2 is 1.03 bits per heavy atom. The Kier molecular flexibility index (Phi) is 9.56. The highest BCUT2D eigenvalue weighted by atomic mass is 32.1. The molecule has 4 rings (SSSR count). The molecule has 0 radical (unpaired) electrons. The second-order valence-electron chi connectivity index (χ2n) is 7.37. The van der Waals surface area contributed by atoms with E-state index in [4.69, 9.17) is 9.47 Å². The summed E-state index contributed by atoms with van der Waals surface area (Å²) in [5.41, 5.74) is 1.14. The maximum absolute atomic E-state index is 12.2. The van der Waals surface area contributed by atoms with Crippen LogP contribution in [0.3, 0.4) is 0 Å². The number of hydrogen-bond acceptors (Lipinski definition) is 10. The number of ether oxygens (including phenoxy) is 2. The third kappa shape index (κ3) is 7.99. The Hall–Kier alpha value is -3.58. The van der Waals surface area contributed by atoms with Gasteiger partial charge in [0.15, 0.2) is 0 Å². The van der Waals surface area contributed by atoms with Crippen LogP contribution >= 0.6 is 22.7 Å². The van der Waals surface area contributed by atoms with Crippen molar-refractivity contribution in [3.05, 3.63) is 81.8 Å². The first-order valence-corrected chi connectivity index (χ1v) is 12.8. The average Bonchev–Trinajstić information content (AvgIpc) is 3.55. The van der Waals surface area contributed by atoms with Gasteiger partial charge in [0.05, 0.1) is 26.4 Å². The second-order valence-corrected chi connectivity index (χ2v) is 9.49. The van der Waals surface area contributed by atoms with Gasteiger partial charge in [-0.1, -0.05) is 59.1 Å². The van der Waals surface area contributed by atoms with Crippen molar-refractivity contribution in [1.82, 2.24) is 20.4 Å². The van der Waals surface area contributed by atoms with Gasteiger partial charge in [-0.15, -0.1) is 20.4 Å². The van der Waals surface area contributed by atoms with Crippen LogP contribution in [0.25, 0.3) is 0 Å². The maximum Gasteiger partial charge on any atom is 0.257 e. The predicted molar refractivity (Wildman–Crippen MR) is 138 cm³/mol. The van der Waals surface area contributed by atoms with Gasteiger partial charge in [-0.25, -0.2) is 0 Å². The summed E-state index contributed by atoms with van der Waals surface area (Å²) in [6, 6.07) is 17.9. The zero-order valence-corrected chi connectivity index (χ0v) is 20.9. The Morgan fingerprint density at radius 1 is 0.611 bits per heavy atom. The van der Waals surface area contributed by atoms with Crippen LogP contribution in [-0.2, 0) is 22.3 Å². The molecule has 0 bridgehead atoms. The van der Waals surface area contributed by atoms with Gasteiger partial charge in [0.1, 0.15) is 10.0 Å². The van der Waals surface area contributed by atoms with Crippen molar-refractivity contribution in [3.8, 4) is 0 Å². The molecule has 4 aromatic rings. The molecule has 2 amide bonds. The molecule has 0 aliphatic rings. The molecule has 36 heavy (non-hydrogen) atoms. The molecule has 0 fully saturated rings. The van der Waals surface area contributed by atoms with E-state index in [9.17, 15) is 9.59 Å². The first-order chi connectivity index (χ1) is 17.7. The Morgan fingerprint density at radius 3 is 1.44 bits per heavy atom. The van der Waals surface area contributed by atoms with Crippen LogP contribution < -0.4 is 10.6 Å². The minimum absolute atomic E-state index is 0.214. The van der Waals surface area contributed by atoms with E-state index in [0.29, 0.717) is 60.7 Å². The Bertz CT molecular complexity index is 1150. The normalized spacial score (nSPS) is 10.8. The molecule has 2 heterocycles. The highest BCUT2D eigenvalue weighted by Crippen LogP contribution is 2.18. The van der Waals surface area contributed by atoms with E-state index < -0.39 is 0 Å². The van der Waals surface area contributed by atoms with Crippen LogP contribution in [0.1, 0.15) is 30.7 Å². The lowest BCUT2D eigenvalue weighted by Gasteiger charge is -2.04. The van der Waals surface area contributed by atoms with Crippen molar-refractivity contribution in [3.63, 3.8) is 0 Å². The third-order valence-corrected chi connectivity index (χ3v) is 6.54. The molecule has 0 aliphatic heterocycles. The number of nitrogens with one attached hydrogen (secondary N) is 2. The molecule has 12 heteroatoms. The molecule has 0 saturated carbocycles. The van der Waals surface area contributed by atoms with E-state index >= 15 is 0 Å². The van der Waals surface area contributed by atoms with E-state index in [1.807, 2.05) is 36.4 Å². The molecule has 0 aliphatic carbocycles. The molecule has 2 aromatic heterocycles. The number of hydrogen-bond donors (Lipinski definition) is 2. The second kappa shape index (κ2) is 13.5. The van der Waals surface area contributed by atoms with E-state index in [1.165, 1.54) is 22.7 Å². The number of aromatic nitrogens is 4. The van der Waals surface area contributed by atoms with E-state index in [0.717, 1.165) is 10.0 Å². The minimum atomic E-state index is -0.214. The lowest BCUT2D eigenvalue weighted by molar-refractivity contribution is 0.0500. The number of benzene rings is 2. The largest absolute Gasteiger partial charge is 0.379 e. The van der Waals surface area contributed by atoms with Crippen LogP contribution in [0.2, 0.25) is 0 Å². The number of nitrogens with zero attached hydrogens (tertiary/aromatic N) is 4. The quantitative estimate of drug-likeness (QED) is 0.253. The van der Waals surface area contributed by atoms with Crippen molar-refractivity contribution >= 4 is 44.8 Å². The smallest absolute Gasteiger partial charge is 0.257 e. The summed E-state index contributed by atoms with van der Waals surface area (Å²) in [6.07, 6.45) is 1.20. The number of carbonyl (C=O) groups excluding carboxylic acids is 2. The van der Waals surface area contributed by atoms with Gasteiger partial charge in [0.2, 0.25) is 10.3 Å². The highest BCUT2D eigenvalue weighted by molar-refractivity contribution is 7.15. The third-order valence-electron chi connectivity index (χ3n) is 4.74. The number of amides is 2. The van der Waals surface area contributed by atoms with Crippen molar-refractivity contribution < 1.29 is 19.1 Å². The summed E-state index contributed by atoms with van der Waals surface area (Å²) in [5, 5.41) is 24.2. The van der Waals surface area contributed by atoms with Gasteiger partial charge >= 0.3 is 0 Å². The summed E-state index contributed by atoms with van der Waals surface area (Å²) in [5.74, 6) is -0.429. The fourth-order valence-electron chi connectivity index (χ4n) is 2.97. The fourth-order valence-corrected chi connectivity index (χ4v) is 4.40. The Balaban J connectivity index is 1.05. The maximum atomic E-state index is 12.2. The molecular weight excluding hydrogens is 500 g/mol. The van der Waals surface area contributed by atoms with Gasteiger partial charge in [-0.3, -0.25) is 20.2 Å². The zero-order valence-electron chi connectivity index (χ0n) is 19.3. The molecule has 186 valence electrons. The highest BCUT2D eigenvalue weighted by Gasteiger charge is 2.11. The molecule has 0 unspecified atom stereocenters. The van der Waals surface area contributed by atoms with Crippen molar-refractivity contribution in [2.75, 3.05) is 37.1 Å². The van der Waals surface area contributed by atoms with E-state index in [1.54, 1.807) is 24.3 Å². The molecular formula is C24H24N6O4S2. The summed E-state index contributed by atoms with van der Waals surface area (Å²) in [7, 11) is 0. The molecule has 2 N–H and O–H groups in total.